The number of likely N-dealkylation sites (tertiary alicyclic amines) is 1. The summed E-state index contributed by atoms with van der Waals surface area (Å²) in [5.41, 5.74) is 1.08. The summed E-state index contributed by atoms with van der Waals surface area (Å²) in [5, 5.41) is 0. The number of benzene rings is 2. The highest BCUT2D eigenvalue weighted by molar-refractivity contribution is 5.79. The third kappa shape index (κ3) is 5.06. The van der Waals surface area contributed by atoms with E-state index in [1.165, 1.54) is 17.7 Å². The van der Waals surface area contributed by atoms with Crippen molar-refractivity contribution < 1.29 is 22.7 Å². The van der Waals surface area contributed by atoms with Crippen molar-refractivity contribution in [2.45, 2.75) is 37.8 Å². The van der Waals surface area contributed by atoms with Gasteiger partial charge in [0.2, 0.25) is 5.91 Å². The summed E-state index contributed by atoms with van der Waals surface area (Å²) < 4.78 is 43.3. The molecular formula is C22H24F3NO2. The van der Waals surface area contributed by atoms with E-state index in [-0.39, 0.29) is 18.2 Å². The van der Waals surface area contributed by atoms with E-state index in [0.29, 0.717) is 18.7 Å². The van der Waals surface area contributed by atoms with Crippen LogP contribution in [0.4, 0.5) is 13.2 Å². The number of hydrogen-bond donors (Lipinski definition) is 0. The van der Waals surface area contributed by atoms with Crippen LogP contribution in [0.1, 0.15) is 41.9 Å². The van der Waals surface area contributed by atoms with Crippen molar-refractivity contribution in [1.29, 1.82) is 0 Å². The van der Waals surface area contributed by atoms with Crippen LogP contribution in [0.5, 0.6) is 5.75 Å². The minimum atomic E-state index is -4.36. The van der Waals surface area contributed by atoms with E-state index in [1.807, 2.05) is 29.2 Å². The first kappa shape index (κ1) is 20.2. The molecule has 0 N–H and O–H groups in total. The van der Waals surface area contributed by atoms with Crippen molar-refractivity contribution in [2.24, 2.45) is 0 Å². The maximum Gasteiger partial charge on any atom is 0.416 e. The number of halogens is 3. The average Bonchev–Trinajstić information content (AvgIpc) is 2.94. The van der Waals surface area contributed by atoms with E-state index in [9.17, 15) is 18.0 Å². The molecule has 3 nitrogen and oxygen atoms in total. The largest absolute Gasteiger partial charge is 0.497 e. The summed E-state index contributed by atoms with van der Waals surface area (Å²) in [5.74, 6) is 1.01. The van der Waals surface area contributed by atoms with E-state index in [4.69, 9.17) is 4.74 Å². The van der Waals surface area contributed by atoms with Crippen molar-refractivity contribution in [3.63, 3.8) is 0 Å². The van der Waals surface area contributed by atoms with Crippen LogP contribution in [0.15, 0.2) is 48.5 Å². The summed E-state index contributed by atoms with van der Waals surface area (Å²) in [6.45, 7) is 1.32. The maximum atomic E-state index is 12.8. The fourth-order valence-electron chi connectivity index (χ4n) is 3.61. The molecule has 0 aliphatic carbocycles. The van der Waals surface area contributed by atoms with Gasteiger partial charge in [0.25, 0.3) is 0 Å². The lowest BCUT2D eigenvalue weighted by Crippen LogP contribution is -2.35. The van der Waals surface area contributed by atoms with Crippen LogP contribution in [0.3, 0.4) is 0 Å². The first-order valence-corrected chi connectivity index (χ1v) is 9.44. The van der Waals surface area contributed by atoms with Crippen molar-refractivity contribution in [3.05, 3.63) is 65.2 Å². The second-order valence-corrected chi connectivity index (χ2v) is 7.18. The van der Waals surface area contributed by atoms with Gasteiger partial charge in [0.15, 0.2) is 0 Å². The molecule has 0 saturated carbocycles. The minimum absolute atomic E-state index is 0.0415. The first-order valence-electron chi connectivity index (χ1n) is 9.44. The van der Waals surface area contributed by atoms with Gasteiger partial charge in [-0.15, -0.1) is 0 Å². The Hall–Kier alpha value is -2.50. The van der Waals surface area contributed by atoms with Crippen molar-refractivity contribution in [2.75, 3.05) is 20.2 Å². The molecule has 150 valence electrons. The zero-order valence-electron chi connectivity index (χ0n) is 15.8. The molecule has 1 unspecified atom stereocenters. The van der Waals surface area contributed by atoms with Gasteiger partial charge in [0.1, 0.15) is 5.75 Å². The number of carbonyl (C=O) groups is 1. The van der Waals surface area contributed by atoms with Crippen LogP contribution in [-0.2, 0) is 17.4 Å². The van der Waals surface area contributed by atoms with Gasteiger partial charge in [0, 0.05) is 19.0 Å². The van der Waals surface area contributed by atoms with E-state index >= 15 is 0 Å². The quantitative estimate of drug-likeness (QED) is 0.730. The lowest BCUT2D eigenvalue weighted by atomic mass is 9.94. The fourth-order valence-corrected chi connectivity index (χ4v) is 3.61. The molecule has 0 radical (unpaired) electrons. The Morgan fingerprint density at radius 3 is 2.36 bits per heavy atom. The summed E-state index contributed by atoms with van der Waals surface area (Å²) in [4.78, 5) is 14.6. The molecule has 1 aliphatic rings. The number of ether oxygens (including phenoxy) is 1. The highest BCUT2D eigenvalue weighted by atomic mass is 19.4. The van der Waals surface area contributed by atoms with E-state index in [2.05, 4.69) is 0 Å². The molecule has 2 aromatic carbocycles. The molecule has 1 atom stereocenters. The predicted molar refractivity (Wildman–Crippen MR) is 101 cm³/mol. The lowest BCUT2D eigenvalue weighted by molar-refractivity contribution is -0.137. The molecule has 3 rings (SSSR count). The maximum absolute atomic E-state index is 12.8. The monoisotopic (exact) mass is 391 g/mol. The number of alkyl halides is 3. The van der Waals surface area contributed by atoms with Crippen LogP contribution < -0.4 is 4.74 Å². The second-order valence-electron chi connectivity index (χ2n) is 7.18. The Kier molecular flexibility index (Phi) is 6.27. The number of nitrogens with zero attached hydrogens (tertiary/aromatic N) is 1. The van der Waals surface area contributed by atoms with Crippen LogP contribution in [0.2, 0.25) is 0 Å². The Bertz CT molecular complexity index is 785. The van der Waals surface area contributed by atoms with Gasteiger partial charge in [-0.3, -0.25) is 4.79 Å². The van der Waals surface area contributed by atoms with Gasteiger partial charge in [0.05, 0.1) is 19.1 Å². The Morgan fingerprint density at radius 1 is 1.07 bits per heavy atom. The highest BCUT2D eigenvalue weighted by Gasteiger charge is 2.30. The lowest BCUT2D eigenvalue weighted by Gasteiger charge is -2.25. The molecule has 1 aliphatic heterocycles. The summed E-state index contributed by atoms with van der Waals surface area (Å²) >= 11 is 0. The van der Waals surface area contributed by atoms with Crippen molar-refractivity contribution in [1.82, 2.24) is 4.90 Å². The van der Waals surface area contributed by atoms with E-state index in [0.717, 1.165) is 37.1 Å². The topological polar surface area (TPSA) is 29.5 Å². The molecule has 0 spiro atoms. The molecule has 6 heteroatoms. The van der Waals surface area contributed by atoms with Gasteiger partial charge < -0.3 is 9.64 Å². The number of amides is 1. The third-order valence-electron chi connectivity index (χ3n) is 5.25. The number of carbonyl (C=O) groups excluding carboxylic acids is 1. The predicted octanol–water partition coefficient (Wildman–Crippen LogP) is 5.05. The number of hydrogen-bond acceptors (Lipinski definition) is 2. The highest BCUT2D eigenvalue weighted by Crippen LogP contribution is 2.30. The average molecular weight is 391 g/mol. The summed E-state index contributed by atoms with van der Waals surface area (Å²) in [6, 6.07) is 12.8. The molecular weight excluding hydrogens is 367 g/mol. The number of rotatable bonds is 4. The Balaban J connectivity index is 1.66. The molecule has 1 fully saturated rings. The van der Waals surface area contributed by atoms with Crippen LogP contribution >= 0.6 is 0 Å². The summed E-state index contributed by atoms with van der Waals surface area (Å²) in [7, 11) is 1.63. The molecule has 0 bridgehead atoms. The molecule has 1 amide bonds. The van der Waals surface area contributed by atoms with Crippen LogP contribution in [0, 0.1) is 0 Å². The Labute approximate surface area is 163 Å². The van der Waals surface area contributed by atoms with Gasteiger partial charge in [-0.1, -0.05) is 30.7 Å². The van der Waals surface area contributed by atoms with Crippen LogP contribution in [0.25, 0.3) is 0 Å². The van der Waals surface area contributed by atoms with Crippen LogP contribution in [-0.4, -0.2) is 31.0 Å². The van der Waals surface area contributed by atoms with Gasteiger partial charge in [-0.05, 0) is 48.2 Å². The van der Waals surface area contributed by atoms with Gasteiger partial charge in [-0.2, -0.15) is 13.2 Å². The molecule has 0 aromatic heterocycles. The SMILES string of the molecule is COc1ccc(C2CCCCN(C(=O)Cc3ccc(C(F)(F)F)cc3)C2)cc1. The summed E-state index contributed by atoms with van der Waals surface area (Å²) in [6.07, 6.45) is -1.26. The zero-order chi connectivity index (χ0) is 20.1. The normalized spacial score (nSPS) is 17.9. The first-order chi connectivity index (χ1) is 13.4. The third-order valence-corrected chi connectivity index (χ3v) is 5.25. The molecule has 2 aromatic rings. The van der Waals surface area contributed by atoms with Gasteiger partial charge >= 0.3 is 6.18 Å². The zero-order valence-corrected chi connectivity index (χ0v) is 15.8. The van der Waals surface area contributed by atoms with E-state index in [1.54, 1.807) is 7.11 Å². The second kappa shape index (κ2) is 8.67. The molecule has 28 heavy (non-hydrogen) atoms. The smallest absolute Gasteiger partial charge is 0.416 e. The standard InChI is InChI=1S/C22H24F3NO2/c1-28-20-11-7-17(8-12-20)18-4-2-3-13-26(15-18)21(27)14-16-5-9-19(10-6-16)22(23,24)25/h5-12,18H,2-4,13-15H2,1H3. The van der Waals surface area contributed by atoms with E-state index < -0.39 is 11.7 Å². The molecule has 1 heterocycles. The number of methoxy groups -OCH3 is 1. The van der Waals surface area contributed by atoms with Crippen molar-refractivity contribution in [3.8, 4) is 5.75 Å². The fraction of sp³-hybridized carbons (Fsp3) is 0.409. The van der Waals surface area contributed by atoms with Crippen molar-refractivity contribution >= 4 is 5.91 Å². The minimum Gasteiger partial charge on any atom is -0.497 e. The van der Waals surface area contributed by atoms with Gasteiger partial charge in [-0.25, -0.2) is 0 Å². The Morgan fingerprint density at radius 2 is 1.75 bits per heavy atom. The molecule has 1 saturated heterocycles.